The highest BCUT2D eigenvalue weighted by molar-refractivity contribution is 5.38. The molecule has 0 aliphatic heterocycles. The van der Waals surface area contributed by atoms with Crippen molar-refractivity contribution in [2.24, 2.45) is 0 Å². The third-order valence-corrected chi connectivity index (χ3v) is 5.71. The van der Waals surface area contributed by atoms with Crippen LogP contribution in [0.15, 0.2) is 18.2 Å². The third kappa shape index (κ3) is 2.45. The highest BCUT2D eigenvalue weighted by Gasteiger charge is 2.24. The molecule has 0 bridgehead atoms. The highest BCUT2D eigenvalue weighted by Crippen LogP contribution is 2.28. The zero-order valence-electron chi connectivity index (χ0n) is 14.3. The third-order valence-electron chi connectivity index (χ3n) is 5.71. The lowest BCUT2D eigenvalue weighted by atomic mass is 9.92. The summed E-state index contributed by atoms with van der Waals surface area (Å²) in [6, 6.07) is 6.82. The molecule has 0 saturated heterocycles. The van der Waals surface area contributed by atoms with Crippen LogP contribution in [0.5, 0.6) is 0 Å². The molecule has 2 nitrogen and oxygen atoms in total. The summed E-state index contributed by atoms with van der Waals surface area (Å²) in [5.74, 6) is 0. The van der Waals surface area contributed by atoms with Gasteiger partial charge in [0.25, 0.3) is 0 Å². The van der Waals surface area contributed by atoms with Crippen molar-refractivity contribution in [3.63, 3.8) is 0 Å². The molecule has 0 radical (unpaired) electrons. The van der Waals surface area contributed by atoms with Gasteiger partial charge in [0.15, 0.2) is 0 Å². The van der Waals surface area contributed by atoms with E-state index < -0.39 is 0 Å². The molecule has 4 rings (SSSR count). The van der Waals surface area contributed by atoms with Crippen LogP contribution < -0.4 is 5.36 Å². The van der Waals surface area contributed by atoms with Crippen molar-refractivity contribution in [2.75, 3.05) is 0 Å². The predicted octanol–water partition coefficient (Wildman–Crippen LogP) is 4.00. The second kappa shape index (κ2) is 5.67. The summed E-state index contributed by atoms with van der Waals surface area (Å²) in [5.41, 5.74) is 9.77. The Bertz CT molecular complexity index is 827. The molecule has 1 N–H and O–H groups in total. The maximum Gasteiger partial charge on any atom is 0.0638 e. The molecule has 2 aliphatic rings. The molecule has 2 aliphatic carbocycles. The number of nitrogens with zero attached hydrogens (tertiary/aromatic N) is 1. The Kier molecular flexibility index (Phi) is 3.63. The second-order valence-corrected chi connectivity index (χ2v) is 7.30. The van der Waals surface area contributed by atoms with Crippen LogP contribution in [0.4, 0.5) is 0 Å². The SMILES string of the molecule is Cc1ccc(Cn2c3c(c(=N)c4c2CCC4)CCCC3)c(C)c1. The molecule has 1 heterocycles. The van der Waals surface area contributed by atoms with Crippen molar-refractivity contribution in [1.29, 1.82) is 5.41 Å². The molecule has 0 fully saturated rings. The van der Waals surface area contributed by atoms with E-state index >= 15 is 0 Å². The van der Waals surface area contributed by atoms with Crippen LogP contribution in [0.1, 0.15) is 58.5 Å². The van der Waals surface area contributed by atoms with Crippen molar-refractivity contribution in [2.45, 2.75) is 65.3 Å². The summed E-state index contributed by atoms with van der Waals surface area (Å²) in [4.78, 5) is 0. The van der Waals surface area contributed by atoms with E-state index in [2.05, 4.69) is 36.6 Å². The van der Waals surface area contributed by atoms with Crippen LogP contribution in [0.2, 0.25) is 0 Å². The molecule has 2 heteroatoms. The Morgan fingerprint density at radius 3 is 2.30 bits per heavy atom. The number of aryl methyl sites for hydroxylation is 2. The van der Waals surface area contributed by atoms with Gasteiger partial charge >= 0.3 is 0 Å². The number of fused-ring (bicyclic) bond motifs is 2. The van der Waals surface area contributed by atoms with Crippen LogP contribution in [0.25, 0.3) is 0 Å². The van der Waals surface area contributed by atoms with Crippen LogP contribution >= 0.6 is 0 Å². The number of nitrogens with one attached hydrogen (secondary N) is 1. The normalized spacial score (nSPS) is 16.3. The van der Waals surface area contributed by atoms with Crippen LogP contribution in [0.3, 0.4) is 0 Å². The maximum atomic E-state index is 8.64. The zero-order chi connectivity index (χ0) is 16.0. The molecule has 0 amide bonds. The first-order valence-corrected chi connectivity index (χ1v) is 9.02. The molecule has 120 valence electrons. The quantitative estimate of drug-likeness (QED) is 0.869. The Hall–Kier alpha value is -1.83. The predicted molar refractivity (Wildman–Crippen MR) is 94.0 cm³/mol. The van der Waals surface area contributed by atoms with Crippen molar-refractivity contribution in [3.8, 4) is 0 Å². The fourth-order valence-corrected chi connectivity index (χ4v) is 4.48. The standard InChI is InChI=1S/C21H26N2/c1-14-10-11-16(15(2)12-14)13-23-19-8-4-3-6-17(19)21(22)18-7-5-9-20(18)23/h10-12,22H,3-9,13H2,1-2H3. The van der Waals surface area contributed by atoms with Gasteiger partial charge in [-0.25, -0.2) is 0 Å². The lowest BCUT2D eigenvalue weighted by Gasteiger charge is -2.26. The van der Waals surface area contributed by atoms with Gasteiger partial charge < -0.3 is 9.98 Å². The summed E-state index contributed by atoms with van der Waals surface area (Å²) in [6.45, 7) is 5.38. The van der Waals surface area contributed by atoms with Gasteiger partial charge in [-0.05, 0) is 81.0 Å². The van der Waals surface area contributed by atoms with Gasteiger partial charge in [-0.15, -0.1) is 0 Å². The van der Waals surface area contributed by atoms with Crippen molar-refractivity contribution >= 4 is 0 Å². The van der Waals surface area contributed by atoms with Gasteiger partial charge in [-0.1, -0.05) is 23.8 Å². The number of pyridine rings is 1. The van der Waals surface area contributed by atoms with Crippen LogP contribution in [-0.4, -0.2) is 4.57 Å². The first kappa shape index (κ1) is 14.7. The Labute approximate surface area is 138 Å². The van der Waals surface area contributed by atoms with E-state index in [4.69, 9.17) is 5.41 Å². The summed E-state index contributed by atoms with van der Waals surface area (Å²) in [5, 5.41) is 9.52. The molecule has 2 aromatic rings. The average Bonchev–Trinajstić information content (AvgIpc) is 3.03. The highest BCUT2D eigenvalue weighted by atomic mass is 15.0. The molecule has 0 unspecified atom stereocenters. The maximum absolute atomic E-state index is 8.64. The first-order valence-electron chi connectivity index (χ1n) is 9.02. The van der Waals surface area contributed by atoms with Gasteiger partial charge in [0.1, 0.15) is 0 Å². The topological polar surface area (TPSA) is 28.8 Å². The van der Waals surface area contributed by atoms with E-state index in [1.807, 2.05) is 0 Å². The number of rotatable bonds is 2. The van der Waals surface area contributed by atoms with Crippen LogP contribution in [0, 0.1) is 19.3 Å². The summed E-state index contributed by atoms with van der Waals surface area (Å²) < 4.78 is 2.59. The summed E-state index contributed by atoms with van der Waals surface area (Å²) in [6.07, 6.45) is 8.26. The van der Waals surface area contributed by atoms with Crippen LogP contribution in [-0.2, 0) is 32.2 Å². The smallest absolute Gasteiger partial charge is 0.0638 e. The van der Waals surface area contributed by atoms with Crippen molar-refractivity contribution in [3.05, 3.63) is 62.8 Å². The minimum Gasteiger partial charge on any atom is -0.344 e. The Balaban J connectivity index is 1.88. The van der Waals surface area contributed by atoms with E-state index in [9.17, 15) is 0 Å². The summed E-state index contributed by atoms with van der Waals surface area (Å²) in [7, 11) is 0. The first-order chi connectivity index (χ1) is 11.1. The largest absolute Gasteiger partial charge is 0.344 e. The van der Waals surface area contributed by atoms with Gasteiger partial charge in [0.05, 0.1) is 5.36 Å². The van der Waals surface area contributed by atoms with E-state index in [1.165, 1.54) is 58.5 Å². The fourth-order valence-electron chi connectivity index (χ4n) is 4.48. The lowest BCUT2D eigenvalue weighted by Crippen LogP contribution is -2.28. The number of benzene rings is 1. The molecule has 0 saturated carbocycles. The summed E-state index contributed by atoms with van der Waals surface area (Å²) >= 11 is 0. The van der Waals surface area contributed by atoms with Crippen molar-refractivity contribution < 1.29 is 0 Å². The minimum absolute atomic E-state index is 0.879. The lowest BCUT2D eigenvalue weighted by molar-refractivity contribution is 0.589. The van der Waals surface area contributed by atoms with E-state index in [0.717, 1.165) is 37.6 Å². The van der Waals surface area contributed by atoms with Gasteiger partial charge in [-0.2, -0.15) is 0 Å². The molecule has 0 spiro atoms. The molecular formula is C21H26N2. The molecule has 1 aromatic heterocycles. The molecule has 1 aromatic carbocycles. The van der Waals surface area contributed by atoms with E-state index in [-0.39, 0.29) is 0 Å². The van der Waals surface area contributed by atoms with Crippen molar-refractivity contribution in [1.82, 2.24) is 4.57 Å². The Morgan fingerprint density at radius 2 is 1.57 bits per heavy atom. The average molecular weight is 306 g/mol. The van der Waals surface area contributed by atoms with Gasteiger partial charge in [0, 0.05) is 17.9 Å². The van der Waals surface area contributed by atoms with E-state index in [1.54, 1.807) is 0 Å². The fraction of sp³-hybridized carbons (Fsp3) is 0.476. The number of aromatic nitrogens is 1. The zero-order valence-corrected chi connectivity index (χ0v) is 14.3. The number of hydrogen-bond donors (Lipinski definition) is 1. The van der Waals surface area contributed by atoms with E-state index in [0.29, 0.717) is 0 Å². The molecule has 23 heavy (non-hydrogen) atoms. The Morgan fingerprint density at radius 1 is 0.913 bits per heavy atom. The van der Waals surface area contributed by atoms with Gasteiger partial charge in [0.2, 0.25) is 0 Å². The van der Waals surface area contributed by atoms with Gasteiger partial charge in [-0.3, -0.25) is 0 Å². The monoisotopic (exact) mass is 306 g/mol. The number of hydrogen-bond acceptors (Lipinski definition) is 1. The second-order valence-electron chi connectivity index (χ2n) is 7.30. The molecular weight excluding hydrogens is 280 g/mol. The minimum atomic E-state index is 0.879. The molecule has 0 atom stereocenters.